The maximum absolute atomic E-state index is 11.9. The molecule has 1 amide bonds. The van der Waals surface area contributed by atoms with Gasteiger partial charge in [0.2, 0.25) is 12.1 Å². The lowest BCUT2D eigenvalue weighted by molar-refractivity contribution is -0.143. The highest BCUT2D eigenvalue weighted by Crippen LogP contribution is 2.05. The fourth-order valence-electron chi connectivity index (χ4n) is 1.99. The van der Waals surface area contributed by atoms with E-state index < -0.39 is 65.8 Å². The number of nitrogens with two attached hydrogens (primary N) is 1. The Hall–Kier alpha value is -4.20. The second kappa shape index (κ2) is 9.14. The van der Waals surface area contributed by atoms with E-state index in [2.05, 4.69) is 15.0 Å². The van der Waals surface area contributed by atoms with E-state index in [1.807, 2.05) is 10.3 Å². The predicted octanol–water partition coefficient (Wildman–Crippen LogP) is -4.06. The number of hydrogen-bond donors (Lipinski definition) is 6. The average Bonchev–Trinajstić information content (AvgIpc) is 2.63. The number of ketones is 1. The highest BCUT2D eigenvalue weighted by Gasteiger charge is 2.29. The van der Waals surface area contributed by atoms with Crippen molar-refractivity contribution in [2.24, 2.45) is 5.73 Å². The van der Waals surface area contributed by atoms with E-state index in [9.17, 15) is 33.9 Å². The van der Waals surface area contributed by atoms with Gasteiger partial charge in [-0.05, 0) is 0 Å². The van der Waals surface area contributed by atoms with Gasteiger partial charge in [-0.25, -0.2) is 14.4 Å². The summed E-state index contributed by atoms with van der Waals surface area (Å²) in [4.78, 5) is 73.0. The third-order valence-corrected chi connectivity index (χ3v) is 3.30. The van der Waals surface area contributed by atoms with Crippen LogP contribution >= 0.6 is 0 Å². The molecule has 154 valence electrons. The summed E-state index contributed by atoms with van der Waals surface area (Å²) in [5.41, 5.74) is 3.40. The number of aromatic amines is 2. The molecule has 7 N–H and O–H groups in total. The van der Waals surface area contributed by atoms with Gasteiger partial charge in [0.25, 0.3) is 11.5 Å². The molecule has 1 unspecified atom stereocenters. The predicted molar refractivity (Wildman–Crippen MR) is 91.1 cm³/mol. The molecule has 14 nitrogen and oxygen atoms in total. The summed E-state index contributed by atoms with van der Waals surface area (Å²) in [5.74, 6) is -4.39. The first-order valence-corrected chi connectivity index (χ1v) is 7.78. The quantitative estimate of drug-likeness (QED) is 0.144. The van der Waals surface area contributed by atoms with Crippen molar-refractivity contribution in [3.8, 4) is 0 Å². The number of aromatic nitrogens is 2. The van der Waals surface area contributed by atoms with Crippen LogP contribution in [0, 0.1) is 0 Å². The molecule has 0 aromatic carbocycles. The second-order valence-corrected chi connectivity index (χ2v) is 5.38. The first-order chi connectivity index (χ1) is 13.7. The molecule has 0 bridgehead atoms. The third-order valence-electron chi connectivity index (χ3n) is 3.30. The van der Waals surface area contributed by atoms with Crippen molar-refractivity contribution in [3.63, 3.8) is 0 Å². The number of Topliss-reactive ketones (excluding diaryl/α,β-unsaturated/α-hetero) is 1. The highest BCUT2D eigenvalue weighted by atomic mass is 16.5. The van der Waals surface area contributed by atoms with Crippen molar-refractivity contribution >= 4 is 23.6 Å². The monoisotopic (exact) mass is 409 g/mol. The summed E-state index contributed by atoms with van der Waals surface area (Å²) >= 11 is 0. The van der Waals surface area contributed by atoms with Crippen LogP contribution in [0.1, 0.15) is 5.56 Å². The van der Waals surface area contributed by atoms with E-state index in [4.69, 9.17) is 10.5 Å². The summed E-state index contributed by atoms with van der Waals surface area (Å²) in [7, 11) is 0. The van der Waals surface area contributed by atoms with Gasteiger partial charge in [0.05, 0.1) is 5.56 Å². The molecule has 1 aliphatic heterocycles. The van der Waals surface area contributed by atoms with Gasteiger partial charge >= 0.3 is 17.6 Å². The van der Waals surface area contributed by atoms with E-state index in [1.165, 1.54) is 0 Å². The zero-order valence-corrected chi connectivity index (χ0v) is 14.5. The standard InChI is InChI=1S/C15H15N5O9/c16-11-10(13(25)20-15(27)18-11)7(21)5-29-9(23)2-1-8(22)28-4-6-3-17-14(26)19-12(6)24/h1-3,15,18,27H,4-5,16H2,(H,20,25)(H2,17,19,24,26)/b2-1+. The van der Waals surface area contributed by atoms with Crippen molar-refractivity contribution in [1.29, 1.82) is 0 Å². The number of carbonyl (C=O) groups excluding carboxylic acids is 4. The lowest BCUT2D eigenvalue weighted by Crippen LogP contribution is -2.53. The van der Waals surface area contributed by atoms with Crippen LogP contribution in [0.15, 0.2) is 39.3 Å². The lowest BCUT2D eigenvalue weighted by atomic mass is 10.1. The van der Waals surface area contributed by atoms with Crippen LogP contribution < -0.4 is 27.6 Å². The lowest BCUT2D eigenvalue weighted by Gasteiger charge is -2.23. The zero-order valence-electron chi connectivity index (χ0n) is 14.5. The number of rotatable bonds is 7. The highest BCUT2D eigenvalue weighted by molar-refractivity contribution is 6.21. The summed E-state index contributed by atoms with van der Waals surface area (Å²) in [6.07, 6.45) is 0.953. The van der Waals surface area contributed by atoms with Gasteiger partial charge in [0.1, 0.15) is 18.0 Å². The Morgan fingerprint density at radius 1 is 1.10 bits per heavy atom. The number of ether oxygens (including phenoxy) is 2. The Kier molecular flexibility index (Phi) is 6.65. The van der Waals surface area contributed by atoms with Gasteiger partial charge in [-0.1, -0.05) is 0 Å². The molecule has 1 aromatic heterocycles. The molecule has 0 radical (unpaired) electrons. The van der Waals surface area contributed by atoms with Crippen LogP contribution in [0.3, 0.4) is 0 Å². The SMILES string of the molecule is NC1=C(C(=O)COC(=O)/C=C/C(=O)OCc2c[nH]c(=O)[nH]c2=O)C(=O)NC(O)N1. The molecule has 0 fully saturated rings. The van der Waals surface area contributed by atoms with E-state index in [0.717, 1.165) is 6.20 Å². The van der Waals surface area contributed by atoms with Gasteiger partial charge < -0.3 is 35.9 Å². The molecule has 1 aliphatic rings. The number of aliphatic hydroxyl groups is 1. The largest absolute Gasteiger partial charge is 0.457 e. The van der Waals surface area contributed by atoms with Gasteiger partial charge in [-0.2, -0.15) is 0 Å². The van der Waals surface area contributed by atoms with Gasteiger partial charge in [-0.15, -0.1) is 0 Å². The number of aliphatic hydroxyl groups excluding tert-OH is 1. The molecule has 2 rings (SSSR count). The van der Waals surface area contributed by atoms with Crippen LogP contribution in [-0.2, 0) is 35.3 Å². The second-order valence-electron chi connectivity index (χ2n) is 5.38. The van der Waals surface area contributed by atoms with Gasteiger partial charge in [0.15, 0.2) is 6.61 Å². The molecule has 2 heterocycles. The molecular weight excluding hydrogens is 394 g/mol. The molecule has 29 heavy (non-hydrogen) atoms. The van der Waals surface area contributed by atoms with Crippen LogP contribution in [0.2, 0.25) is 0 Å². The first kappa shape index (κ1) is 21.1. The maximum Gasteiger partial charge on any atom is 0.331 e. The topological polar surface area (TPSA) is 223 Å². The fourth-order valence-corrected chi connectivity index (χ4v) is 1.99. The van der Waals surface area contributed by atoms with Gasteiger partial charge in [0, 0.05) is 18.3 Å². The Balaban J connectivity index is 1.83. The van der Waals surface area contributed by atoms with Crippen LogP contribution in [0.5, 0.6) is 0 Å². The van der Waals surface area contributed by atoms with E-state index in [1.54, 1.807) is 0 Å². The minimum atomic E-state index is -1.46. The minimum Gasteiger partial charge on any atom is -0.457 e. The van der Waals surface area contributed by atoms with E-state index in [-0.39, 0.29) is 5.56 Å². The van der Waals surface area contributed by atoms with E-state index in [0.29, 0.717) is 12.2 Å². The summed E-state index contributed by atoms with van der Waals surface area (Å²) in [6.45, 7) is -1.32. The third kappa shape index (κ3) is 5.90. The van der Waals surface area contributed by atoms with Crippen LogP contribution in [0.25, 0.3) is 0 Å². The Labute approximate surface area is 160 Å². The number of carbonyl (C=O) groups is 4. The normalized spacial score (nSPS) is 16.2. The van der Waals surface area contributed by atoms with Crippen molar-refractivity contribution in [3.05, 3.63) is 56.1 Å². The number of hydrogen-bond acceptors (Lipinski definition) is 11. The number of nitrogens with one attached hydrogen (secondary N) is 4. The van der Waals surface area contributed by atoms with Crippen molar-refractivity contribution in [2.75, 3.05) is 6.61 Å². The minimum absolute atomic E-state index is 0.0325. The number of amides is 1. The smallest absolute Gasteiger partial charge is 0.331 e. The Bertz CT molecular complexity index is 1020. The van der Waals surface area contributed by atoms with Crippen molar-refractivity contribution in [1.82, 2.24) is 20.6 Å². The molecule has 0 spiro atoms. The molecule has 1 atom stereocenters. The Morgan fingerprint density at radius 3 is 2.38 bits per heavy atom. The summed E-state index contributed by atoms with van der Waals surface area (Å²) in [5, 5.41) is 13.4. The van der Waals surface area contributed by atoms with Gasteiger partial charge in [-0.3, -0.25) is 19.4 Å². The maximum atomic E-state index is 11.9. The van der Waals surface area contributed by atoms with Crippen molar-refractivity contribution < 1.29 is 33.8 Å². The molecule has 0 saturated heterocycles. The zero-order chi connectivity index (χ0) is 21.6. The molecule has 1 aromatic rings. The van der Waals surface area contributed by atoms with Crippen LogP contribution in [0.4, 0.5) is 0 Å². The molecule has 14 heteroatoms. The fraction of sp³-hybridized carbons (Fsp3) is 0.200. The van der Waals surface area contributed by atoms with Crippen molar-refractivity contribution in [2.45, 2.75) is 13.0 Å². The molecule has 0 saturated carbocycles. The van der Waals surface area contributed by atoms with E-state index >= 15 is 0 Å². The number of H-pyrrole nitrogens is 2. The summed E-state index contributed by atoms with van der Waals surface area (Å²) < 4.78 is 9.30. The summed E-state index contributed by atoms with van der Waals surface area (Å²) in [6, 6.07) is 0. The molecule has 0 aliphatic carbocycles. The Morgan fingerprint density at radius 2 is 1.76 bits per heavy atom. The molecular formula is C15H15N5O9. The average molecular weight is 409 g/mol. The first-order valence-electron chi connectivity index (χ1n) is 7.78. The number of esters is 2. The van der Waals surface area contributed by atoms with Crippen LogP contribution in [-0.4, -0.2) is 51.7 Å².